The van der Waals surface area contributed by atoms with E-state index in [2.05, 4.69) is 15.3 Å². The Morgan fingerprint density at radius 1 is 1.09 bits per heavy atom. The lowest BCUT2D eigenvalue weighted by molar-refractivity contribution is -0.384. The van der Waals surface area contributed by atoms with Crippen molar-refractivity contribution in [2.75, 3.05) is 12.4 Å². The van der Waals surface area contributed by atoms with Gasteiger partial charge in [0, 0.05) is 23.4 Å². The summed E-state index contributed by atoms with van der Waals surface area (Å²) < 4.78 is 5.26. The van der Waals surface area contributed by atoms with E-state index in [9.17, 15) is 14.9 Å². The van der Waals surface area contributed by atoms with Crippen LogP contribution < -0.4 is 10.1 Å². The highest BCUT2D eigenvalue weighted by atomic mass is 16.6. The van der Waals surface area contributed by atoms with Crippen LogP contribution in [0, 0.1) is 10.1 Å². The van der Waals surface area contributed by atoms with Crippen LogP contribution in [0.3, 0.4) is 0 Å². The monoisotopic (exact) mass is 453 g/mol. The molecule has 2 heterocycles. The predicted molar refractivity (Wildman–Crippen MR) is 128 cm³/mol. The summed E-state index contributed by atoms with van der Waals surface area (Å²) in [6.45, 7) is 0. The zero-order valence-corrected chi connectivity index (χ0v) is 18.1. The highest BCUT2D eigenvalue weighted by molar-refractivity contribution is 6.24. The maximum Gasteiger partial charge on any atom is 0.269 e. The number of fused-ring (bicyclic) bond motifs is 1. The molecule has 0 saturated heterocycles. The van der Waals surface area contributed by atoms with Gasteiger partial charge in [0.2, 0.25) is 5.91 Å². The van der Waals surface area contributed by atoms with Crippen LogP contribution in [0.15, 0.2) is 84.2 Å². The normalized spacial score (nSPS) is 15.0. The van der Waals surface area contributed by atoms with E-state index in [4.69, 9.17) is 9.73 Å². The van der Waals surface area contributed by atoms with Crippen molar-refractivity contribution in [2.24, 2.45) is 4.99 Å². The van der Waals surface area contributed by atoms with Crippen molar-refractivity contribution >= 4 is 28.7 Å². The maximum absolute atomic E-state index is 13.1. The number of nitro benzene ring substituents is 1. The number of imidazole rings is 1. The third kappa shape index (κ3) is 3.90. The van der Waals surface area contributed by atoms with Crippen molar-refractivity contribution in [3.8, 4) is 17.0 Å². The number of benzene rings is 3. The van der Waals surface area contributed by atoms with Crippen molar-refractivity contribution in [1.29, 1.82) is 0 Å². The fourth-order valence-electron chi connectivity index (χ4n) is 3.96. The number of carbonyl (C=O) groups excluding carboxylic acids is 1. The number of carbonyl (C=O) groups is 1. The number of non-ortho nitro benzene ring substituents is 1. The Kier molecular flexibility index (Phi) is 5.35. The molecule has 0 fully saturated rings. The van der Waals surface area contributed by atoms with E-state index in [0.29, 0.717) is 34.0 Å². The molecule has 0 aliphatic carbocycles. The van der Waals surface area contributed by atoms with Crippen molar-refractivity contribution in [3.05, 3.63) is 100 Å². The molecule has 9 heteroatoms. The fraction of sp³-hybridized carbons (Fsp3) is 0.0800. The molecule has 9 nitrogen and oxygen atoms in total. The van der Waals surface area contributed by atoms with Crippen molar-refractivity contribution in [2.45, 2.75) is 5.92 Å². The summed E-state index contributed by atoms with van der Waals surface area (Å²) in [6, 6.07) is 19.1. The average molecular weight is 453 g/mol. The van der Waals surface area contributed by atoms with E-state index in [1.165, 1.54) is 12.1 Å². The predicted octanol–water partition coefficient (Wildman–Crippen LogP) is 4.85. The van der Waals surface area contributed by atoms with Crippen LogP contribution in [0.2, 0.25) is 0 Å². The van der Waals surface area contributed by atoms with Gasteiger partial charge >= 0.3 is 0 Å². The van der Waals surface area contributed by atoms with E-state index in [0.717, 1.165) is 11.3 Å². The first-order valence-electron chi connectivity index (χ1n) is 10.4. The van der Waals surface area contributed by atoms with Gasteiger partial charge in [0.15, 0.2) is 0 Å². The Balaban J connectivity index is 1.62. The number of nitrogens with zero attached hydrogens (tertiary/aromatic N) is 3. The third-order valence-corrected chi connectivity index (χ3v) is 5.66. The van der Waals surface area contributed by atoms with E-state index < -0.39 is 10.8 Å². The summed E-state index contributed by atoms with van der Waals surface area (Å²) in [6.07, 6.45) is 3.34. The van der Waals surface area contributed by atoms with E-state index in [-0.39, 0.29) is 11.6 Å². The van der Waals surface area contributed by atoms with Gasteiger partial charge in [-0.25, -0.2) is 4.98 Å². The first-order valence-corrected chi connectivity index (χ1v) is 10.4. The van der Waals surface area contributed by atoms with Crippen molar-refractivity contribution in [3.63, 3.8) is 0 Å². The van der Waals surface area contributed by atoms with Crippen LogP contribution in [0.25, 0.3) is 11.3 Å². The minimum absolute atomic E-state index is 0.0850. The minimum atomic E-state index is -0.810. The van der Waals surface area contributed by atoms with Gasteiger partial charge in [0.05, 0.1) is 41.7 Å². The summed E-state index contributed by atoms with van der Waals surface area (Å²) in [5, 5.41) is 14.2. The lowest BCUT2D eigenvalue weighted by Crippen LogP contribution is -2.22. The molecule has 2 N–H and O–H groups in total. The molecule has 1 unspecified atom stereocenters. The van der Waals surface area contributed by atoms with Gasteiger partial charge in [-0.05, 0) is 53.6 Å². The van der Waals surface area contributed by atoms with E-state index in [1.807, 2.05) is 36.4 Å². The summed E-state index contributed by atoms with van der Waals surface area (Å²) in [5.41, 5.74) is 4.62. The smallest absolute Gasteiger partial charge is 0.269 e. The third-order valence-electron chi connectivity index (χ3n) is 5.66. The van der Waals surface area contributed by atoms with Crippen molar-refractivity contribution < 1.29 is 14.5 Å². The van der Waals surface area contributed by atoms with Gasteiger partial charge in [-0.15, -0.1) is 0 Å². The Hall–Kier alpha value is -4.79. The van der Waals surface area contributed by atoms with E-state index in [1.54, 1.807) is 37.8 Å². The number of aliphatic imine (C=N–C) groups is 1. The molecular formula is C25H19N5O4. The maximum atomic E-state index is 13.1. The molecule has 0 saturated carbocycles. The van der Waals surface area contributed by atoms with Crippen LogP contribution in [0.1, 0.15) is 17.0 Å². The zero-order valence-electron chi connectivity index (χ0n) is 18.1. The Morgan fingerprint density at radius 2 is 1.85 bits per heavy atom. The Labute approximate surface area is 194 Å². The summed E-state index contributed by atoms with van der Waals surface area (Å²) in [7, 11) is 1.57. The molecule has 4 aromatic rings. The number of hydrogen-bond acceptors (Lipinski definition) is 6. The molecule has 1 aromatic heterocycles. The molecule has 1 aliphatic heterocycles. The molecular weight excluding hydrogens is 434 g/mol. The molecule has 168 valence electrons. The largest absolute Gasteiger partial charge is 0.497 e. The number of H-pyrrole nitrogens is 1. The second-order valence-electron chi connectivity index (χ2n) is 7.69. The van der Waals surface area contributed by atoms with Crippen LogP contribution in [0.5, 0.6) is 5.75 Å². The Bertz CT molecular complexity index is 1390. The number of ether oxygens (including phenoxy) is 1. The molecule has 0 radical (unpaired) electrons. The fourth-order valence-corrected chi connectivity index (χ4v) is 3.96. The standard InChI is InChI=1S/C25H19N5O4/c1-34-19-9-4-16(5-10-19)24(28-17-6-2-15(3-7-17)22-13-26-14-27-22)23-20-12-18(30(32)33)8-11-21(20)29-25(23)31/h2-14,23H,1H3,(H,26,27)(H,29,31). The molecule has 0 bridgehead atoms. The number of aromatic amines is 1. The van der Waals surface area contributed by atoms with Crippen LogP contribution in [0.4, 0.5) is 17.1 Å². The second kappa shape index (κ2) is 8.62. The number of nitro groups is 1. The first-order chi connectivity index (χ1) is 16.5. The average Bonchev–Trinajstić information content (AvgIpc) is 3.50. The Morgan fingerprint density at radius 3 is 2.50 bits per heavy atom. The van der Waals surface area contributed by atoms with Gasteiger partial charge in [0.1, 0.15) is 11.7 Å². The summed E-state index contributed by atoms with van der Waals surface area (Å²) >= 11 is 0. The molecule has 0 spiro atoms. The molecule has 5 rings (SSSR count). The van der Waals surface area contributed by atoms with Crippen LogP contribution >= 0.6 is 0 Å². The number of aromatic nitrogens is 2. The summed E-state index contributed by atoms with van der Waals surface area (Å²) in [4.78, 5) is 35.9. The lowest BCUT2D eigenvalue weighted by atomic mass is 9.90. The van der Waals surface area contributed by atoms with Gasteiger partial charge in [0.25, 0.3) is 5.69 Å². The van der Waals surface area contributed by atoms with Gasteiger partial charge in [-0.3, -0.25) is 19.9 Å². The molecule has 1 amide bonds. The van der Waals surface area contributed by atoms with Gasteiger partial charge < -0.3 is 15.0 Å². The van der Waals surface area contributed by atoms with Gasteiger partial charge in [-0.2, -0.15) is 0 Å². The number of rotatable bonds is 6. The zero-order chi connectivity index (χ0) is 23.7. The lowest BCUT2D eigenvalue weighted by Gasteiger charge is -2.14. The SMILES string of the molecule is COc1ccc(C(=Nc2ccc(-c3cnc[nH]3)cc2)C2C(=O)Nc3ccc([N+](=O)[O-])cc32)cc1. The topological polar surface area (TPSA) is 123 Å². The highest BCUT2D eigenvalue weighted by Gasteiger charge is 2.36. The quantitative estimate of drug-likeness (QED) is 0.245. The molecule has 1 aliphatic rings. The first kappa shape index (κ1) is 21.1. The molecule has 3 aromatic carbocycles. The number of hydrogen-bond donors (Lipinski definition) is 2. The number of amides is 1. The van der Waals surface area contributed by atoms with Crippen molar-refractivity contribution in [1.82, 2.24) is 9.97 Å². The molecule has 34 heavy (non-hydrogen) atoms. The van der Waals surface area contributed by atoms with Crippen LogP contribution in [-0.4, -0.2) is 33.6 Å². The molecule has 1 atom stereocenters. The number of nitrogens with one attached hydrogen (secondary N) is 2. The van der Waals surface area contributed by atoms with Gasteiger partial charge in [-0.1, -0.05) is 12.1 Å². The summed E-state index contributed by atoms with van der Waals surface area (Å²) in [5.74, 6) is -0.436. The van der Waals surface area contributed by atoms with E-state index >= 15 is 0 Å². The highest BCUT2D eigenvalue weighted by Crippen LogP contribution is 2.38. The minimum Gasteiger partial charge on any atom is -0.497 e. The van der Waals surface area contributed by atoms with Crippen LogP contribution in [-0.2, 0) is 4.79 Å². The number of methoxy groups -OCH3 is 1. The second-order valence-corrected chi connectivity index (χ2v) is 7.69. The number of anilines is 1.